The number of hydrogen-bond acceptors (Lipinski definition) is 5. The van der Waals surface area contributed by atoms with Crippen LogP contribution >= 0.6 is 12.4 Å². The summed E-state index contributed by atoms with van der Waals surface area (Å²) in [4.78, 5) is 6.79. The highest BCUT2D eigenvalue weighted by atomic mass is 35.5. The van der Waals surface area contributed by atoms with Gasteiger partial charge in [-0.15, -0.1) is 12.4 Å². The fraction of sp³-hybridized carbons (Fsp3) is 0.300. The first-order valence-electron chi connectivity index (χ1n) is 8.83. The number of aromatic nitrogens is 2. The molecule has 0 bridgehead atoms. The van der Waals surface area contributed by atoms with Crippen LogP contribution in [0, 0.1) is 5.82 Å². The van der Waals surface area contributed by atoms with Gasteiger partial charge < -0.3 is 9.84 Å². The summed E-state index contributed by atoms with van der Waals surface area (Å²) in [5.74, 6) is 1.07. The number of hydrogen-bond donors (Lipinski definition) is 1. The van der Waals surface area contributed by atoms with Crippen molar-refractivity contribution in [2.75, 3.05) is 19.6 Å². The van der Waals surface area contributed by atoms with Crippen molar-refractivity contribution in [3.8, 4) is 0 Å². The van der Waals surface area contributed by atoms with Crippen molar-refractivity contribution in [1.82, 2.24) is 20.4 Å². The predicted molar refractivity (Wildman–Crippen MR) is 103 cm³/mol. The van der Waals surface area contributed by atoms with Crippen LogP contribution in [0.4, 0.5) is 4.39 Å². The Morgan fingerprint density at radius 3 is 2.81 bits per heavy atom. The Labute approximate surface area is 164 Å². The third kappa shape index (κ3) is 4.91. The van der Waals surface area contributed by atoms with E-state index in [1.807, 2.05) is 36.4 Å². The quantitative estimate of drug-likeness (QED) is 0.726. The molecule has 7 heteroatoms. The summed E-state index contributed by atoms with van der Waals surface area (Å²) in [7, 11) is 0. The van der Waals surface area contributed by atoms with E-state index in [9.17, 15) is 4.39 Å². The van der Waals surface area contributed by atoms with Gasteiger partial charge in [0.15, 0.2) is 5.82 Å². The zero-order chi connectivity index (χ0) is 17.8. The highest BCUT2D eigenvalue weighted by Gasteiger charge is 2.25. The van der Waals surface area contributed by atoms with Gasteiger partial charge in [0.25, 0.3) is 0 Å². The Bertz CT molecular complexity index is 858. The monoisotopic (exact) mass is 388 g/mol. The van der Waals surface area contributed by atoms with Crippen LogP contribution in [0.1, 0.15) is 28.9 Å². The molecule has 0 amide bonds. The van der Waals surface area contributed by atoms with E-state index in [4.69, 9.17) is 4.52 Å². The first kappa shape index (κ1) is 19.5. The van der Waals surface area contributed by atoms with Crippen molar-refractivity contribution in [2.45, 2.75) is 19.0 Å². The molecule has 1 fully saturated rings. The molecule has 0 radical (unpaired) electrons. The Kier molecular flexibility index (Phi) is 6.55. The molecule has 0 aliphatic carbocycles. The van der Waals surface area contributed by atoms with E-state index in [0.717, 1.165) is 30.8 Å². The van der Waals surface area contributed by atoms with Gasteiger partial charge in [-0.3, -0.25) is 4.90 Å². The van der Waals surface area contributed by atoms with Gasteiger partial charge in [0, 0.05) is 32.1 Å². The zero-order valence-corrected chi connectivity index (χ0v) is 15.7. The first-order chi connectivity index (χ1) is 12.8. The average Bonchev–Trinajstić information content (AvgIpc) is 3.10. The lowest BCUT2D eigenvalue weighted by molar-refractivity contribution is 0.135. The Balaban J connectivity index is 0.00000210. The SMILES string of the molecule is Cl.Fc1cccc(C2CNCCN2Cc2nc(Cc3ccccc3)no2)c1. The lowest BCUT2D eigenvalue weighted by Gasteiger charge is -2.35. The van der Waals surface area contributed by atoms with E-state index in [-0.39, 0.29) is 24.3 Å². The number of nitrogens with zero attached hydrogens (tertiary/aromatic N) is 3. The molecule has 3 aromatic rings. The lowest BCUT2D eigenvalue weighted by Crippen LogP contribution is -2.45. The number of halogens is 2. The number of nitrogens with one attached hydrogen (secondary N) is 1. The predicted octanol–water partition coefficient (Wildman–Crippen LogP) is 3.37. The molecule has 5 nitrogen and oxygen atoms in total. The fourth-order valence-electron chi connectivity index (χ4n) is 3.36. The molecule has 0 spiro atoms. The molecule has 1 aliphatic heterocycles. The van der Waals surface area contributed by atoms with Crippen molar-refractivity contribution < 1.29 is 8.91 Å². The maximum absolute atomic E-state index is 13.6. The summed E-state index contributed by atoms with van der Waals surface area (Å²) in [6.07, 6.45) is 0.652. The Hall–Kier alpha value is -2.28. The van der Waals surface area contributed by atoms with Crippen LogP contribution in [0.3, 0.4) is 0 Å². The minimum atomic E-state index is -0.212. The van der Waals surface area contributed by atoms with Gasteiger partial charge in [0.2, 0.25) is 5.89 Å². The smallest absolute Gasteiger partial charge is 0.240 e. The fourth-order valence-corrected chi connectivity index (χ4v) is 3.36. The van der Waals surface area contributed by atoms with Gasteiger partial charge in [-0.05, 0) is 23.3 Å². The molecule has 27 heavy (non-hydrogen) atoms. The molecule has 1 aliphatic rings. The standard InChI is InChI=1S/C20H21FN4O.ClH/c21-17-8-4-7-16(12-17)18-13-22-9-10-25(18)14-20-23-19(24-26-20)11-15-5-2-1-3-6-15;/h1-8,12,18,22H,9-11,13-14H2;1H. The highest BCUT2D eigenvalue weighted by molar-refractivity contribution is 5.85. The summed E-state index contributed by atoms with van der Waals surface area (Å²) in [5.41, 5.74) is 2.11. The summed E-state index contributed by atoms with van der Waals surface area (Å²) in [6, 6.07) is 17.0. The molecule has 1 aromatic heterocycles. The van der Waals surface area contributed by atoms with Crippen LogP contribution in [-0.2, 0) is 13.0 Å². The van der Waals surface area contributed by atoms with Crippen LogP contribution in [-0.4, -0.2) is 34.7 Å². The maximum atomic E-state index is 13.6. The molecular formula is C20H22ClFN4O. The Morgan fingerprint density at radius 1 is 1.15 bits per heavy atom. The largest absolute Gasteiger partial charge is 0.338 e. The minimum Gasteiger partial charge on any atom is -0.338 e. The molecule has 2 heterocycles. The van der Waals surface area contributed by atoms with E-state index >= 15 is 0 Å². The van der Waals surface area contributed by atoms with Crippen LogP contribution in [0.2, 0.25) is 0 Å². The second-order valence-electron chi connectivity index (χ2n) is 6.51. The summed E-state index contributed by atoms with van der Waals surface area (Å²) in [5, 5.41) is 7.48. The molecule has 1 atom stereocenters. The van der Waals surface area contributed by atoms with E-state index in [1.165, 1.54) is 6.07 Å². The van der Waals surface area contributed by atoms with Crippen molar-refractivity contribution in [2.24, 2.45) is 0 Å². The van der Waals surface area contributed by atoms with Gasteiger partial charge in [-0.25, -0.2) is 4.39 Å². The zero-order valence-electron chi connectivity index (χ0n) is 14.8. The van der Waals surface area contributed by atoms with Gasteiger partial charge in [0.05, 0.1) is 6.54 Å². The second-order valence-corrected chi connectivity index (χ2v) is 6.51. The number of rotatable bonds is 5. The van der Waals surface area contributed by atoms with Gasteiger partial charge in [-0.2, -0.15) is 4.98 Å². The molecule has 1 saturated heterocycles. The van der Waals surface area contributed by atoms with Crippen LogP contribution in [0.5, 0.6) is 0 Å². The molecular weight excluding hydrogens is 367 g/mol. The third-order valence-corrected chi connectivity index (χ3v) is 4.64. The molecule has 2 aromatic carbocycles. The van der Waals surface area contributed by atoms with E-state index < -0.39 is 0 Å². The molecule has 1 N–H and O–H groups in total. The maximum Gasteiger partial charge on any atom is 0.240 e. The number of benzene rings is 2. The van der Waals surface area contributed by atoms with Crippen molar-refractivity contribution in [3.05, 3.63) is 83.3 Å². The molecule has 142 valence electrons. The van der Waals surface area contributed by atoms with Crippen molar-refractivity contribution >= 4 is 12.4 Å². The summed E-state index contributed by atoms with van der Waals surface area (Å²) in [6.45, 7) is 3.06. The molecule has 4 rings (SSSR count). The molecule has 1 unspecified atom stereocenters. The lowest BCUT2D eigenvalue weighted by atomic mass is 10.0. The molecule has 0 saturated carbocycles. The van der Waals surface area contributed by atoms with Crippen LogP contribution < -0.4 is 5.32 Å². The topological polar surface area (TPSA) is 54.2 Å². The van der Waals surface area contributed by atoms with Crippen molar-refractivity contribution in [3.63, 3.8) is 0 Å². The van der Waals surface area contributed by atoms with E-state index in [1.54, 1.807) is 12.1 Å². The third-order valence-electron chi connectivity index (χ3n) is 4.64. The van der Waals surface area contributed by atoms with Crippen LogP contribution in [0.25, 0.3) is 0 Å². The summed E-state index contributed by atoms with van der Waals surface area (Å²) < 4.78 is 19.1. The van der Waals surface area contributed by atoms with Crippen molar-refractivity contribution in [1.29, 1.82) is 0 Å². The van der Waals surface area contributed by atoms with E-state index in [0.29, 0.717) is 24.7 Å². The highest BCUT2D eigenvalue weighted by Crippen LogP contribution is 2.24. The van der Waals surface area contributed by atoms with Gasteiger partial charge in [0.1, 0.15) is 5.82 Å². The van der Waals surface area contributed by atoms with Gasteiger partial charge >= 0.3 is 0 Å². The van der Waals surface area contributed by atoms with E-state index in [2.05, 4.69) is 20.4 Å². The van der Waals surface area contributed by atoms with Gasteiger partial charge in [-0.1, -0.05) is 47.6 Å². The average molecular weight is 389 g/mol. The second kappa shape index (κ2) is 9.08. The number of piperazine rings is 1. The summed E-state index contributed by atoms with van der Waals surface area (Å²) >= 11 is 0. The Morgan fingerprint density at radius 2 is 2.00 bits per heavy atom. The van der Waals surface area contributed by atoms with Crippen LogP contribution in [0.15, 0.2) is 59.1 Å². The first-order valence-corrected chi connectivity index (χ1v) is 8.83. The minimum absolute atomic E-state index is 0. The normalized spacial score (nSPS) is 17.4.